The third kappa shape index (κ3) is 5.35. The van der Waals surface area contributed by atoms with Crippen LogP contribution in [0.4, 0.5) is 0 Å². The van der Waals surface area contributed by atoms with Crippen LogP contribution in [0.5, 0.6) is 0 Å². The van der Waals surface area contributed by atoms with E-state index in [0.29, 0.717) is 0 Å². The number of rotatable bonds is 6. The van der Waals surface area contributed by atoms with Gasteiger partial charge in [-0.25, -0.2) is 0 Å². The van der Waals surface area contributed by atoms with Crippen LogP contribution in [-0.2, 0) is 6.42 Å². The highest BCUT2D eigenvalue weighted by atomic mass is 14.7. The summed E-state index contributed by atoms with van der Waals surface area (Å²) < 4.78 is 0. The standard InChI is InChI=1S/C22H31N/c1-9-12-17(3)22(7,8)16-20-18(13-11-14-23-20)15-19(10-2)21(4,5)6/h9-15H,2-3,16H2,1,4-8H3/b12-9-,19-15+. The van der Waals surface area contributed by atoms with Crippen LogP contribution in [0.3, 0.4) is 0 Å². The van der Waals surface area contributed by atoms with Crippen molar-refractivity contribution in [3.05, 3.63) is 72.1 Å². The summed E-state index contributed by atoms with van der Waals surface area (Å²) in [7, 11) is 0. The molecule has 1 heteroatoms. The zero-order valence-electron chi connectivity index (χ0n) is 15.6. The Morgan fingerprint density at radius 3 is 2.39 bits per heavy atom. The van der Waals surface area contributed by atoms with Crippen molar-refractivity contribution in [2.75, 3.05) is 0 Å². The number of allylic oxidation sites excluding steroid dienone is 5. The van der Waals surface area contributed by atoms with Gasteiger partial charge in [0.05, 0.1) is 0 Å². The second kappa shape index (κ2) is 7.59. The number of pyridine rings is 1. The molecule has 1 nitrogen and oxygen atoms in total. The van der Waals surface area contributed by atoms with Crippen LogP contribution in [0.1, 0.15) is 52.8 Å². The van der Waals surface area contributed by atoms with E-state index < -0.39 is 0 Å². The van der Waals surface area contributed by atoms with Gasteiger partial charge in [-0.15, -0.1) is 0 Å². The van der Waals surface area contributed by atoms with E-state index in [1.807, 2.05) is 31.3 Å². The fraction of sp³-hybridized carbons (Fsp3) is 0.409. The maximum Gasteiger partial charge on any atom is 0.0484 e. The summed E-state index contributed by atoms with van der Waals surface area (Å²) >= 11 is 0. The van der Waals surface area contributed by atoms with Gasteiger partial charge < -0.3 is 0 Å². The van der Waals surface area contributed by atoms with E-state index in [1.54, 1.807) is 0 Å². The van der Waals surface area contributed by atoms with Crippen LogP contribution >= 0.6 is 0 Å². The zero-order chi connectivity index (χ0) is 17.7. The molecule has 0 unspecified atom stereocenters. The third-order valence-electron chi connectivity index (χ3n) is 4.17. The summed E-state index contributed by atoms with van der Waals surface area (Å²) in [5, 5.41) is 0. The molecule has 0 bridgehead atoms. The summed E-state index contributed by atoms with van der Waals surface area (Å²) in [6.45, 7) is 21.2. The molecule has 0 atom stereocenters. The highest BCUT2D eigenvalue weighted by Gasteiger charge is 2.23. The molecule has 1 aromatic rings. The maximum absolute atomic E-state index is 4.63. The zero-order valence-corrected chi connectivity index (χ0v) is 15.6. The fourth-order valence-corrected chi connectivity index (χ4v) is 2.44. The Balaban J connectivity index is 3.24. The monoisotopic (exact) mass is 309 g/mol. The Hall–Kier alpha value is -1.89. The van der Waals surface area contributed by atoms with E-state index >= 15 is 0 Å². The van der Waals surface area contributed by atoms with Crippen molar-refractivity contribution in [1.82, 2.24) is 4.98 Å². The summed E-state index contributed by atoms with van der Waals surface area (Å²) in [4.78, 5) is 4.63. The quantitative estimate of drug-likeness (QED) is 0.554. The Labute approximate surface area is 142 Å². The molecule has 23 heavy (non-hydrogen) atoms. The van der Waals surface area contributed by atoms with Gasteiger partial charge >= 0.3 is 0 Å². The molecule has 124 valence electrons. The molecule has 0 saturated carbocycles. The van der Waals surface area contributed by atoms with Crippen LogP contribution in [-0.4, -0.2) is 4.98 Å². The van der Waals surface area contributed by atoms with Crippen LogP contribution in [0.2, 0.25) is 0 Å². The second-order valence-corrected chi connectivity index (χ2v) is 7.68. The van der Waals surface area contributed by atoms with Crippen LogP contribution in [0, 0.1) is 10.8 Å². The van der Waals surface area contributed by atoms with Crippen LogP contribution < -0.4 is 0 Å². The predicted octanol–water partition coefficient (Wildman–Crippen LogP) is 6.40. The molecule has 0 aromatic carbocycles. The minimum atomic E-state index is -0.0282. The first kappa shape index (κ1) is 19.2. The van der Waals surface area contributed by atoms with Crippen LogP contribution in [0.25, 0.3) is 6.08 Å². The van der Waals surface area contributed by atoms with Gasteiger partial charge in [0.1, 0.15) is 0 Å². The first-order chi connectivity index (χ1) is 10.6. The van der Waals surface area contributed by atoms with E-state index in [9.17, 15) is 0 Å². The van der Waals surface area contributed by atoms with Crippen molar-refractivity contribution in [3.8, 4) is 0 Å². The maximum atomic E-state index is 4.63. The lowest BCUT2D eigenvalue weighted by Gasteiger charge is -2.26. The van der Waals surface area contributed by atoms with Crippen molar-refractivity contribution >= 4 is 6.08 Å². The number of aromatic nitrogens is 1. The van der Waals surface area contributed by atoms with Crippen LogP contribution in [0.15, 0.2) is 60.9 Å². The lowest BCUT2D eigenvalue weighted by molar-refractivity contribution is 0.450. The topological polar surface area (TPSA) is 12.9 Å². The van der Waals surface area contributed by atoms with Gasteiger partial charge in [-0.2, -0.15) is 0 Å². The Bertz CT molecular complexity index is 622. The molecular weight excluding hydrogens is 278 g/mol. The Morgan fingerprint density at radius 2 is 1.87 bits per heavy atom. The fourth-order valence-electron chi connectivity index (χ4n) is 2.44. The molecule has 1 heterocycles. The second-order valence-electron chi connectivity index (χ2n) is 7.68. The van der Waals surface area contributed by atoms with Gasteiger partial charge in [0.15, 0.2) is 0 Å². The molecule has 1 rings (SSSR count). The summed E-state index contributed by atoms with van der Waals surface area (Å²) in [6, 6.07) is 4.12. The molecule has 0 aliphatic carbocycles. The minimum absolute atomic E-state index is 0.0282. The number of nitrogens with zero attached hydrogens (tertiary/aromatic N) is 1. The van der Waals surface area contributed by atoms with Gasteiger partial charge in [0, 0.05) is 11.9 Å². The average molecular weight is 309 g/mol. The lowest BCUT2D eigenvalue weighted by atomic mass is 9.79. The van der Waals surface area contributed by atoms with Crippen molar-refractivity contribution in [3.63, 3.8) is 0 Å². The highest BCUT2D eigenvalue weighted by Crippen LogP contribution is 2.33. The molecule has 1 aromatic heterocycles. The molecule has 0 aliphatic heterocycles. The molecule has 0 radical (unpaired) electrons. The highest BCUT2D eigenvalue weighted by molar-refractivity contribution is 5.59. The van der Waals surface area contributed by atoms with E-state index in [0.717, 1.165) is 17.7 Å². The number of hydrogen-bond acceptors (Lipinski definition) is 1. The third-order valence-corrected chi connectivity index (χ3v) is 4.17. The van der Waals surface area contributed by atoms with Gasteiger partial charge in [0.2, 0.25) is 0 Å². The van der Waals surface area contributed by atoms with Gasteiger partial charge in [0.25, 0.3) is 0 Å². The SMILES string of the molecule is C=C/C(=C\c1cccnc1CC(C)(C)C(=C)/C=C\C)C(C)(C)C. The van der Waals surface area contributed by atoms with Gasteiger partial charge in [-0.1, -0.05) is 72.1 Å². The minimum Gasteiger partial charge on any atom is -0.261 e. The molecule has 0 N–H and O–H groups in total. The largest absolute Gasteiger partial charge is 0.261 e. The van der Waals surface area contributed by atoms with E-state index in [4.69, 9.17) is 0 Å². The molecule has 0 fully saturated rings. The summed E-state index contributed by atoms with van der Waals surface area (Å²) in [5.74, 6) is 0. The van der Waals surface area contributed by atoms with Gasteiger partial charge in [-0.3, -0.25) is 4.98 Å². The summed E-state index contributed by atoms with van der Waals surface area (Å²) in [5.41, 5.74) is 4.65. The predicted molar refractivity (Wildman–Crippen MR) is 103 cm³/mol. The van der Waals surface area contributed by atoms with Crippen molar-refractivity contribution in [2.24, 2.45) is 10.8 Å². The normalized spacial score (nSPS) is 13.4. The first-order valence-corrected chi connectivity index (χ1v) is 8.22. The average Bonchev–Trinajstić information content (AvgIpc) is 2.44. The molecule has 0 amide bonds. The van der Waals surface area contributed by atoms with E-state index in [2.05, 4.69) is 71.0 Å². The van der Waals surface area contributed by atoms with E-state index in [1.165, 1.54) is 11.1 Å². The Morgan fingerprint density at radius 1 is 1.22 bits per heavy atom. The number of hydrogen-bond donors (Lipinski definition) is 0. The van der Waals surface area contributed by atoms with Crippen molar-refractivity contribution in [2.45, 2.75) is 48.0 Å². The molecule has 0 spiro atoms. The van der Waals surface area contributed by atoms with E-state index in [-0.39, 0.29) is 10.8 Å². The summed E-state index contributed by atoms with van der Waals surface area (Å²) in [6.07, 6.45) is 11.0. The lowest BCUT2D eigenvalue weighted by Crippen LogP contribution is -2.18. The van der Waals surface area contributed by atoms with Gasteiger partial charge in [-0.05, 0) is 53.0 Å². The molecule has 0 aliphatic rings. The molecular formula is C22H31N. The van der Waals surface area contributed by atoms with Crippen molar-refractivity contribution < 1.29 is 0 Å². The Kier molecular flexibility index (Phi) is 6.32. The molecule has 0 saturated heterocycles. The smallest absolute Gasteiger partial charge is 0.0484 e. The van der Waals surface area contributed by atoms with Crippen molar-refractivity contribution in [1.29, 1.82) is 0 Å². The first-order valence-electron chi connectivity index (χ1n) is 8.22.